The molecule has 2 aliphatic rings. The zero-order valence-corrected chi connectivity index (χ0v) is 18.5. The normalized spacial score (nSPS) is 17.3. The molecule has 31 heavy (non-hydrogen) atoms. The number of nitrogens with one attached hydrogen (secondary N) is 1. The molecule has 2 heterocycles. The maximum Gasteiger partial charge on any atom is 0.255 e. The van der Waals surface area contributed by atoms with Gasteiger partial charge in [0.25, 0.3) is 5.91 Å². The summed E-state index contributed by atoms with van der Waals surface area (Å²) < 4.78 is 7.08. The van der Waals surface area contributed by atoms with Crippen molar-refractivity contribution in [3.05, 3.63) is 47.3 Å². The third-order valence-corrected chi connectivity index (χ3v) is 6.64. The van der Waals surface area contributed by atoms with Crippen molar-refractivity contribution in [1.29, 1.82) is 0 Å². The molecule has 0 spiro atoms. The van der Waals surface area contributed by atoms with Gasteiger partial charge in [0.2, 0.25) is 5.91 Å². The van der Waals surface area contributed by atoms with Crippen LogP contribution < -0.4 is 10.1 Å². The zero-order chi connectivity index (χ0) is 21.8. The average molecular weight is 425 g/mol. The molecule has 1 aliphatic carbocycles. The van der Waals surface area contributed by atoms with Crippen LogP contribution in [-0.4, -0.2) is 46.7 Å². The van der Waals surface area contributed by atoms with Crippen molar-refractivity contribution in [1.82, 2.24) is 20.0 Å². The van der Waals surface area contributed by atoms with Crippen LogP contribution in [0.3, 0.4) is 0 Å². The summed E-state index contributed by atoms with van der Waals surface area (Å²) in [6.45, 7) is 2.04. The Labute approximate surface area is 183 Å². The van der Waals surface area contributed by atoms with Gasteiger partial charge >= 0.3 is 0 Å². The summed E-state index contributed by atoms with van der Waals surface area (Å²) in [5.41, 5.74) is 2.40. The molecule has 2 aromatic rings. The van der Waals surface area contributed by atoms with Crippen molar-refractivity contribution in [2.75, 3.05) is 20.2 Å². The number of rotatable bonds is 7. The number of para-hydroxylation sites is 1. The second-order valence-electron chi connectivity index (χ2n) is 8.76. The number of carbonyl (C=O) groups is 2. The second-order valence-corrected chi connectivity index (χ2v) is 8.76. The largest absolute Gasteiger partial charge is 0.496 e. The summed E-state index contributed by atoms with van der Waals surface area (Å²) in [5, 5.41) is 7.57. The number of amides is 2. The highest BCUT2D eigenvalue weighted by atomic mass is 16.5. The van der Waals surface area contributed by atoms with Gasteiger partial charge in [-0.2, -0.15) is 5.10 Å². The Morgan fingerprint density at radius 3 is 2.58 bits per heavy atom. The van der Waals surface area contributed by atoms with E-state index in [1.54, 1.807) is 18.0 Å². The first-order chi connectivity index (χ1) is 15.0. The topological polar surface area (TPSA) is 76.5 Å². The molecule has 7 heteroatoms. The number of hydrogen-bond acceptors (Lipinski definition) is 4. The molecule has 7 nitrogen and oxygen atoms in total. The van der Waals surface area contributed by atoms with E-state index < -0.39 is 0 Å². The fourth-order valence-corrected chi connectivity index (χ4v) is 4.54. The van der Waals surface area contributed by atoms with Crippen LogP contribution in [0.5, 0.6) is 5.75 Å². The molecule has 1 saturated heterocycles. The van der Waals surface area contributed by atoms with Crippen molar-refractivity contribution in [2.24, 2.45) is 18.9 Å². The number of methoxy groups -OCH3 is 1. The van der Waals surface area contributed by atoms with E-state index in [0.717, 1.165) is 62.2 Å². The van der Waals surface area contributed by atoms with Gasteiger partial charge in [-0.05, 0) is 44.1 Å². The third kappa shape index (κ3) is 4.92. The number of hydrogen-bond donors (Lipinski definition) is 1. The van der Waals surface area contributed by atoms with Crippen molar-refractivity contribution < 1.29 is 14.3 Å². The van der Waals surface area contributed by atoms with Gasteiger partial charge in [0.15, 0.2) is 0 Å². The van der Waals surface area contributed by atoms with Crippen molar-refractivity contribution >= 4 is 11.8 Å². The minimum Gasteiger partial charge on any atom is -0.496 e. The summed E-state index contributed by atoms with van der Waals surface area (Å²) in [6.07, 6.45) is 7.80. The number of ether oxygens (including phenoxy) is 1. The fourth-order valence-electron chi connectivity index (χ4n) is 4.54. The Hall–Kier alpha value is -2.83. The van der Waals surface area contributed by atoms with E-state index in [4.69, 9.17) is 4.74 Å². The molecule has 2 amide bonds. The smallest absolute Gasteiger partial charge is 0.255 e. The molecule has 166 valence electrons. The average Bonchev–Trinajstić information content (AvgIpc) is 3.11. The predicted octanol–water partition coefficient (Wildman–Crippen LogP) is 2.94. The van der Waals surface area contributed by atoms with Crippen molar-refractivity contribution in [3.63, 3.8) is 0 Å². The monoisotopic (exact) mass is 424 g/mol. The molecule has 4 rings (SSSR count). The summed E-state index contributed by atoms with van der Waals surface area (Å²) in [5.74, 6) is 1.70. The molecular weight excluding hydrogens is 392 g/mol. The van der Waals surface area contributed by atoms with E-state index in [1.807, 2.05) is 36.2 Å². The fraction of sp³-hybridized carbons (Fsp3) is 0.542. The molecule has 0 radical (unpaired) electrons. The maximum atomic E-state index is 12.9. The van der Waals surface area contributed by atoms with Gasteiger partial charge in [-0.25, -0.2) is 0 Å². The number of carbonyl (C=O) groups excluding carboxylic acids is 2. The Kier molecular flexibility index (Phi) is 6.59. The van der Waals surface area contributed by atoms with E-state index in [2.05, 4.69) is 10.4 Å². The molecule has 0 atom stereocenters. The minimum absolute atomic E-state index is 0.119. The molecule has 0 bridgehead atoms. The second kappa shape index (κ2) is 9.54. The van der Waals surface area contributed by atoms with Gasteiger partial charge in [-0.3, -0.25) is 14.3 Å². The zero-order valence-electron chi connectivity index (χ0n) is 18.5. The van der Waals surface area contributed by atoms with Crippen LogP contribution in [0, 0.1) is 11.8 Å². The van der Waals surface area contributed by atoms with Crippen LogP contribution >= 0.6 is 0 Å². The first kappa shape index (κ1) is 21.4. The van der Waals surface area contributed by atoms with Crippen molar-refractivity contribution in [3.8, 4) is 5.75 Å². The van der Waals surface area contributed by atoms with Crippen LogP contribution in [0.1, 0.15) is 53.7 Å². The lowest BCUT2D eigenvalue weighted by Gasteiger charge is -2.36. The number of nitrogens with zero attached hydrogens (tertiary/aromatic N) is 3. The van der Waals surface area contributed by atoms with Gasteiger partial charge < -0.3 is 15.0 Å². The van der Waals surface area contributed by atoms with E-state index >= 15 is 0 Å². The number of aromatic nitrogens is 2. The minimum atomic E-state index is -0.119. The number of aryl methyl sites for hydroxylation is 1. The van der Waals surface area contributed by atoms with Gasteiger partial charge in [-0.15, -0.1) is 0 Å². The van der Waals surface area contributed by atoms with Gasteiger partial charge in [0, 0.05) is 44.4 Å². The third-order valence-electron chi connectivity index (χ3n) is 6.64. The summed E-state index contributed by atoms with van der Waals surface area (Å²) >= 11 is 0. The molecular formula is C24H32N4O3. The molecule has 1 aromatic carbocycles. The van der Waals surface area contributed by atoms with Crippen molar-refractivity contribution in [2.45, 2.75) is 45.1 Å². The highest BCUT2D eigenvalue weighted by Crippen LogP contribution is 2.30. The van der Waals surface area contributed by atoms with Crippen LogP contribution in [0.25, 0.3) is 0 Å². The summed E-state index contributed by atoms with van der Waals surface area (Å²) in [7, 11) is 3.48. The summed E-state index contributed by atoms with van der Waals surface area (Å²) in [6, 6.07) is 7.68. The van der Waals surface area contributed by atoms with Gasteiger partial charge in [-0.1, -0.05) is 24.6 Å². The van der Waals surface area contributed by atoms with Crippen LogP contribution in [0.4, 0.5) is 0 Å². The van der Waals surface area contributed by atoms with Crippen LogP contribution in [-0.2, 0) is 24.8 Å². The summed E-state index contributed by atoms with van der Waals surface area (Å²) in [4.78, 5) is 27.4. The molecule has 1 N–H and O–H groups in total. The lowest BCUT2D eigenvalue weighted by Crippen LogP contribution is -2.43. The molecule has 0 unspecified atom stereocenters. The quantitative estimate of drug-likeness (QED) is 0.741. The lowest BCUT2D eigenvalue weighted by molar-refractivity contribution is -0.139. The molecule has 1 saturated carbocycles. The van der Waals surface area contributed by atoms with E-state index in [9.17, 15) is 9.59 Å². The van der Waals surface area contributed by atoms with Gasteiger partial charge in [0.1, 0.15) is 5.75 Å². The molecule has 1 aromatic heterocycles. The number of piperidine rings is 1. The maximum absolute atomic E-state index is 12.9. The molecule has 2 fully saturated rings. The molecule has 1 aliphatic heterocycles. The highest BCUT2D eigenvalue weighted by Gasteiger charge is 2.32. The Bertz CT molecular complexity index is 927. The highest BCUT2D eigenvalue weighted by molar-refractivity contribution is 5.95. The van der Waals surface area contributed by atoms with Crippen LogP contribution in [0.15, 0.2) is 30.5 Å². The Balaban J connectivity index is 1.34. The first-order valence-electron chi connectivity index (χ1n) is 11.3. The Morgan fingerprint density at radius 1 is 1.16 bits per heavy atom. The van der Waals surface area contributed by atoms with Crippen LogP contribution in [0.2, 0.25) is 0 Å². The van der Waals surface area contributed by atoms with Gasteiger partial charge in [0.05, 0.1) is 18.4 Å². The predicted molar refractivity (Wildman–Crippen MR) is 118 cm³/mol. The number of likely N-dealkylation sites (tertiary alicyclic amines) is 1. The SMILES string of the molecule is COc1ccccc1CNC(=O)c1cn(C)nc1CC1CCN(C(=O)C2CCC2)CC1. The van der Waals surface area contributed by atoms with E-state index in [-0.39, 0.29) is 11.8 Å². The van der Waals surface area contributed by atoms with E-state index in [1.165, 1.54) is 6.42 Å². The number of benzene rings is 1. The standard InChI is InChI=1S/C24H32N4O3/c1-27-16-20(23(29)25-15-19-6-3-4-9-22(19)31-2)21(26-27)14-17-10-12-28(13-11-17)24(30)18-7-5-8-18/h3-4,6,9,16-18H,5,7-8,10-15H2,1-2H3,(H,25,29). The first-order valence-corrected chi connectivity index (χ1v) is 11.3. The Morgan fingerprint density at radius 2 is 1.90 bits per heavy atom. The lowest BCUT2D eigenvalue weighted by atomic mass is 9.83. The van der Waals surface area contributed by atoms with E-state index in [0.29, 0.717) is 23.9 Å².